The van der Waals surface area contributed by atoms with Crippen molar-refractivity contribution in [3.8, 4) is 0 Å². The first kappa shape index (κ1) is 10.8. The molecule has 1 heterocycles. The van der Waals surface area contributed by atoms with Crippen LogP contribution in [-0.2, 0) is 11.3 Å². The number of rotatable bonds is 2. The lowest BCUT2D eigenvalue weighted by atomic mass is 10.1. The number of nitrogens with zero attached hydrogens (tertiary/aromatic N) is 1. The molecule has 1 aliphatic heterocycles. The van der Waals surface area contributed by atoms with Crippen molar-refractivity contribution in [1.29, 1.82) is 0 Å². The minimum absolute atomic E-state index is 0.130. The highest BCUT2D eigenvalue weighted by Gasteiger charge is 2.15. The molecular formula is C12H11F2NO. The van der Waals surface area contributed by atoms with Crippen LogP contribution in [-0.4, -0.2) is 17.4 Å². The van der Waals surface area contributed by atoms with Crippen LogP contribution in [0.1, 0.15) is 12.0 Å². The fraction of sp³-hybridized carbons (Fsp3) is 0.250. The van der Waals surface area contributed by atoms with Gasteiger partial charge < -0.3 is 4.90 Å². The number of benzene rings is 1. The van der Waals surface area contributed by atoms with Gasteiger partial charge in [-0.05, 0) is 18.6 Å². The van der Waals surface area contributed by atoms with E-state index in [0.717, 1.165) is 12.5 Å². The zero-order valence-electron chi connectivity index (χ0n) is 8.62. The molecule has 84 valence electrons. The third-order valence-corrected chi connectivity index (χ3v) is 2.51. The summed E-state index contributed by atoms with van der Waals surface area (Å²) in [6.07, 6.45) is 4.04. The van der Waals surface area contributed by atoms with Gasteiger partial charge in [0.05, 0.1) is 0 Å². The molecule has 1 aromatic carbocycles. The number of hydrogen-bond acceptors (Lipinski definition) is 1. The molecule has 0 unspecified atom stereocenters. The molecule has 0 fully saturated rings. The van der Waals surface area contributed by atoms with Crippen molar-refractivity contribution < 1.29 is 13.6 Å². The van der Waals surface area contributed by atoms with E-state index in [1.165, 1.54) is 23.1 Å². The summed E-state index contributed by atoms with van der Waals surface area (Å²) in [5.41, 5.74) is 0.338. The molecule has 16 heavy (non-hydrogen) atoms. The third-order valence-electron chi connectivity index (χ3n) is 2.51. The molecule has 0 aromatic heterocycles. The van der Waals surface area contributed by atoms with Crippen LogP contribution in [0.2, 0.25) is 0 Å². The van der Waals surface area contributed by atoms with Crippen molar-refractivity contribution in [3.63, 3.8) is 0 Å². The zero-order chi connectivity index (χ0) is 11.5. The molecule has 0 saturated heterocycles. The second-order valence-electron chi connectivity index (χ2n) is 3.69. The van der Waals surface area contributed by atoms with E-state index in [1.54, 1.807) is 6.08 Å². The van der Waals surface area contributed by atoms with Gasteiger partial charge in [-0.2, -0.15) is 0 Å². The Balaban J connectivity index is 2.14. The van der Waals surface area contributed by atoms with Crippen molar-refractivity contribution in [2.24, 2.45) is 0 Å². The molecule has 2 nitrogen and oxygen atoms in total. The number of carbonyl (C=O) groups excluding carboxylic acids is 1. The van der Waals surface area contributed by atoms with Gasteiger partial charge >= 0.3 is 0 Å². The summed E-state index contributed by atoms with van der Waals surface area (Å²) in [6.45, 7) is 0.765. The Kier molecular flexibility index (Phi) is 2.99. The Bertz CT molecular complexity index is 443. The fourth-order valence-electron chi connectivity index (χ4n) is 1.64. The molecule has 0 bridgehead atoms. The number of amides is 1. The molecule has 1 amide bonds. The van der Waals surface area contributed by atoms with E-state index in [9.17, 15) is 13.6 Å². The van der Waals surface area contributed by atoms with E-state index in [0.29, 0.717) is 12.1 Å². The van der Waals surface area contributed by atoms with Crippen molar-refractivity contribution in [3.05, 3.63) is 47.5 Å². The Labute approximate surface area is 92.2 Å². The molecule has 0 saturated carbocycles. The average Bonchev–Trinajstić information content (AvgIpc) is 2.25. The maximum atomic E-state index is 13.3. The Morgan fingerprint density at radius 3 is 2.81 bits per heavy atom. The Morgan fingerprint density at radius 2 is 2.12 bits per heavy atom. The highest BCUT2D eigenvalue weighted by atomic mass is 19.1. The first-order chi connectivity index (χ1) is 7.66. The summed E-state index contributed by atoms with van der Waals surface area (Å²) < 4.78 is 26.0. The van der Waals surface area contributed by atoms with Crippen LogP contribution in [0.3, 0.4) is 0 Å². The monoisotopic (exact) mass is 223 g/mol. The summed E-state index contributed by atoms with van der Waals surface area (Å²) in [4.78, 5) is 13.0. The third kappa shape index (κ3) is 2.27. The zero-order valence-corrected chi connectivity index (χ0v) is 8.62. The first-order valence-corrected chi connectivity index (χ1v) is 5.06. The average molecular weight is 223 g/mol. The van der Waals surface area contributed by atoms with E-state index in [1.807, 2.05) is 0 Å². The van der Waals surface area contributed by atoms with E-state index in [-0.39, 0.29) is 12.5 Å². The molecule has 2 rings (SSSR count). The maximum Gasteiger partial charge on any atom is 0.246 e. The highest BCUT2D eigenvalue weighted by Crippen LogP contribution is 2.14. The molecule has 0 spiro atoms. The molecule has 0 atom stereocenters. The summed E-state index contributed by atoms with van der Waals surface area (Å²) >= 11 is 0. The van der Waals surface area contributed by atoms with Crippen molar-refractivity contribution in [2.45, 2.75) is 13.0 Å². The van der Waals surface area contributed by atoms with E-state index in [4.69, 9.17) is 0 Å². The highest BCUT2D eigenvalue weighted by molar-refractivity contribution is 5.88. The number of hydrogen-bond donors (Lipinski definition) is 0. The van der Waals surface area contributed by atoms with Gasteiger partial charge in [-0.15, -0.1) is 0 Å². The second kappa shape index (κ2) is 4.43. The molecule has 1 aliphatic rings. The van der Waals surface area contributed by atoms with Crippen molar-refractivity contribution in [2.75, 3.05) is 6.54 Å². The van der Waals surface area contributed by atoms with Gasteiger partial charge in [-0.25, -0.2) is 8.78 Å². The van der Waals surface area contributed by atoms with Crippen LogP contribution < -0.4 is 0 Å². The van der Waals surface area contributed by atoms with Gasteiger partial charge in [0.15, 0.2) is 0 Å². The molecule has 1 aromatic rings. The fourth-order valence-corrected chi connectivity index (χ4v) is 1.64. The predicted molar refractivity (Wildman–Crippen MR) is 55.5 cm³/mol. The smallest absolute Gasteiger partial charge is 0.246 e. The van der Waals surface area contributed by atoms with Crippen molar-refractivity contribution >= 4 is 5.91 Å². The van der Waals surface area contributed by atoms with E-state index >= 15 is 0 Å². The maximum absolute atomic E-state index is 13.3. The van der Waals surface area contributed by atoms with Gasteiger partial charge in [0.25, 0.3) is 0 Å². The Hall–Kier alpha value is -1.71. The number of halogens is 2. The van der Waals surface area contributed by atoms with E-state index < -0.39 is 11.6 Å². The summed E-state index contributed by atoms with van der Waals surface area (Å²) in [6, 6.07) is 3.40. The van der Waals surface area contributed by atoms with Crippen LogP contribution in [0.4, 0.5) is 8.78 Å². The quantitative estimate of drug-likeness (QED) is 0.753. The summed E-state index contributed by atoms with van der Waals surface area (Å²) in [5, 5.41) is 0. The predicted octanol–water partition coefficient (Wildman–Crippen LogP) is 2.25. The summed E-state index contributed by atoms with van der Waals surface area (Å²) in [7, 11) is 0. The Morgan fingerprint density at radius 1 is 1.31 bits per heavy atom. The van der Waals surface area contributed by atoms with Crippen LogP contribution in [0.15, 0.2) is 30.4 Å². The van der Waals surface area contributed by atoms with Gasteiger partial charge in [0.2, 0.25) is 5.91 Å². The van der Waals surface area contributed by atoms with Crippen LogP contribution in [0.25, 0.3) is 0 Å². The molecule has 0 N–H and O–H groups in total. The van der Waals surface area contributed by atoms with Crippen LogP contribution in [0, 0.1) is 11.6 Å². The minimum Gasteiger partial charge on any atom is -0.334 e. The van der Waals surface area contributed by atoms with Crippen LogP contribution in [0.5, 0.6) is 0 Å². The van der Waals surface area contributed by atoms with Crippen LogP contribution >= 0.6 is 0 Å². The van der Waals surface area contributed by atoms with Gasteiger partial charge in [-0.1, -0.05) is 12.1 Å². The molecule has 4 heteroatoms. The largest absolute Gasteiger partial charge is 0.334 e. The summed E-state index contributed by atoms with van der Waals surface area (Å²) in [5.74, 6) is -1.34. The van der Waals surface area contributed by atoms with Gasteiger partial charge in [-0.3, -0.25) is 4.79 Å². The topological polar surface area (TPSA) is 20.3 Å². The van der Waals surface area contributed by atoms with Gasteiger partial charge in [0, 0.05) is 24.7 Å². The van der Waals surface area contributed by atoms with E-state index in [2.05, 4.69) is 0 Å². The lowest BCUT2D eigenvalue weighted by Gasteiger charge is -2.23. The molecule has 0 aliphatic carbocycles. The first-order valence-electron chi connectivity index (χ1n) is 5.06. The van der Waals surface area contributed by atoms with Gasteiger partial charge in [0.1, 0.15) is 11.6 Å². The molecular weight excluding hydrogens is 212 g/mol. The second-order valence-corrected chi connectivity index (χ2v) is 3.69. The standard InChI is InChI=1S/C12H11F2NO/c13-10-5-4-9(11(14)7-10)8-15-6-2-1-3-12(15)16/h1,3-5,7H,2,6,8H2. The van der Waals surface area contributed by atoms with Crippen molar-refractivity contribution in [1.82, 2.24) is 4.90 Å². The molecule has 0 radical (unpaired) electrons. The normalized spacial score (nSPS) is 15.6. The lowest BCUT2D eigenvalue weighted by Crippen LogP contribution is -2.32. The minimum atomic E-state index is -0.609. The number of carbonyl (C=O) groups is 1. The lowest BCUT2D eigenvalue weighted by molar-refractivity contribution is -0.127. The SMILES string of the molecule is O=C1C=CCCN1Cc1ccc(F)cc1F.